The van der Waals surface area contributed by atoms with Crippen LogP contribution in [-0.2, 0) is 16.1 Å². The van der Waals surface area contributed by atoms with Crippen LogP contribution in [0.4, 0.5) is 0 Å². The van der Waals surface area contributed by atoms with Gasteiger partial charge in [-0.2, -0.15) is 0 Å². The van der Waals surface area contributed by atoms with E-state index in [1.165, 1.54) is 0 Å². The van der Waals surface area contributed by atoms with Crippen LogP contribution in [0.25, 0.3) is 0 Å². The fourth-order valence-corrected chi connectivity index (χ4v) is 2.28. The summed E-state index contributed by atoms with van der Waals surface area (Å²) in [5, 5.41) is 4.15. The summed E-state index contributed by atoms with van der Waals surface area (Å²) in [7, 11) is 1.75. The fourth-order valence-electron chi connectivity index (χ4n) is 1.96. The maximum absolute atomic E-state index is 12.2. The number of morpholine rings is 1. The third-order valence-corrected chi connectivity index (χ3v) is 3.72. The number of carbonyl (C=O) groups excluding carboxylic acids is 1. The molecule has 1 saturated heterocycles. The Labute approximate surface area is 134 Å². The average molecular weight is 340 g/mol. The second-order valence-electron chi connectivity index (χ2n) is 4.51. The predicted molar refractivity (Wildman–Crippen MR) is 82.8 cm³/mol. The molecule has 1 atom stereocenters. The molecule has 1 fully saturated rings. The van der Waals surface area contributed by atoms with Gasteiger partial charge in [-0.05, 0) is 17.7 Å². The van der Waals surface area contributed by atoms with Gasteiger partial charge in [0.15, 0.2) is 0 Å². The molecule has 0 aliphatic carbocycles. The Morgan fingerprint density at radius 1 is 1.45 bits per heavy atom. The highest BCUT2D eigenvalue weighted by Crippen LogP contribution is 2.23. The van der Waals surface area contributed by atoms with E-state index in [9.17, 15) is 4.79 Å². The quantitative estimate of drug-likeness (QED) is 0.919. The van der Waals surface area contributed by atoms with Crippen LogP contribution in [0.3, 0.4) is 0 Å². The summed E-state index contributed by atoms with van der Waals surface area (Å²) in [6.07, 6.45) is -0.401. The number of rotatable bonds is 3. The smallest absolute Gasteiger partial charge is 0.253 e. The molecule has 1 unspecified atom stereocenters. The Morgan fingerprint density at radius 2 is 2.20 bits per heavy atom. The maximum atomic E-state index is 12.2. The molecule has 1 aromatic rings. The molecule has 0 radical (unpaired) electrons. The predicted octanol–water partition coefficient (Wildman–Crippen LogP) is 2.36. The van der Waals surface area contributed by atoms with Gasteiger partial charge in [0.1, 0.15) is 6.10 Å². The number of hydrogen-bond donors (Lipinski definition) is 1. The lowest BCUT2D eigenvalue weighted by Gasteiger charge is -2.27. The zero-order valence-corrected chi connectivity index (χ0v) is 13.4. The average Bonchev–Trinajstić information content (AvgIpc) is 2.43. The molecular weight excluding hydrogens is 323 g/mol. The molecule has 1 aromatic carbocycles. The minimum Gasteiger partial charge on any atom is -0.366 e. The Hall–Kier alpha value is -0.520. The Balaban J connectivity index is 0.00000200. The van der Waals surface area contributed by atoms with Gasteiger partial charge in [0, 0.05) is 26.7 Å². The summed E-state index contributed by atoms with van der Waals surface area (Å²) >= 11 is 11.8. The lowest BCUT2D eigenvalue weighted by atomic mass is 10.2. The molecule has 0 aromatic heterocycles. The molecule has 20 heavy (non-hydrogen) atoms. The van der Waals surface area contributed by atoms with Crippen molar-refractivity contribution < 1.29 is 9.53 Å². The second-order valence-corrected chi connectivity index (χ2v) is 5.32. The van der Waals surface area contributed by atoms with Gasteiger partial charge < -0.3 is 15.0 Å². The van der Waals surface area contributed by atoms with E-state index in [4.69, 9.17) is 27.9 Å². The van der Waals surface area contributed by atoms with E-state index in [0.29, 0.717) is 29.7 Å². The minimum absolute atomic E-state index is 0. The van der Waals surface area contributed by atoms with E-state index in [1.54, 1.807) is 24.1 Å². The summed E-state index contributed by atoms with van der Waals surface area (Å²) in [5.74, 6) is -0.0294. The first-order chi connectivity index (χ1) is 9.08. The third-order valence-electron chi connectivity index (χ3n) is 2.98. The van der Waals surface area contributed by atoms with Crippen LogP contribution < -0.4 is 5.32 Å². The first-order valence-corrected chi connectivity index (χ1v) is 6.85. The SMILES string of the molecule is CN(Cc1ccc(Cl)c(Cl)c1)C(=O)C1CNCCO1.Cl. The monoisotopic (exact) mass is 338 g/mol. The van der Waals surface area contributed by atoms with Crippen molar-refractivity contribution in [2.45, 2.75) is 12.6 Å². The molecular formula is C13H17Cl3N2O2. The minimum atomic E-state index is -0.401. The van der Waals surface area contributed by atoms with Crippen LogP contribution in [0.2, 0.25) is 10.0 Å². The highest BCUT2D eigenvalue weighted by atomic mass is 35.5. The molecule has 4 nitrogen and oxygen atoms in total. The highest BCUT2D eigenvalue weighted by molar-refractivity contribution is 6.42. The first-order valence-electron chi connectivity index (χ1n) is 6.09. The number of carbonyl (C=O) groups is 1. The van der Waals surface area contributed by atoms with Gasteiger partial charge in [-0.15, -0.1) is 12.4 Å². The van der Waals surface area contributed by atoms with Crippen LogP contribution in [0, 0.1) is 0 Å². The van der Waals surface area contributed by atoms with Crippen LogP contribution in [0.1, 0.15) is 5.56 Å². The normalized spacial score (nSPS) is 18.2. The molecule has 1 aliphatic rings. The molecule has 0 spiro atoms. The highest BCUT2D eigenvalue weighted by Gasteiger charge is 2.24. The Kier molecular flexibility index (Phi) is 7.06. The summed E-state index contributed by atoms with van der Waals surface area (Å²) in [6, 6.07) is 5.36. The van der Waals surface area contributed by atoms with Crippen molar-refractivity contribution in [1.82, 2.24) is 10.2 Å². The molecule has 1 heterocycles. The van der Waals surface area contributed by atoms with E-state index < -0.39 is 6.10 Å². The molecule has 7 heteroatoms. The van der Waals surface area contributed by atoms with Crippen molar-refractivity contribution >= 4 is 41.5 Å². The summed E-state index contributed by atoms with van der Waals surface area (Å²) < 4.78 is 5.44. The van der Waals surface area contributed by atoms with Crippen LogP contribution in [-0.4, -0.2) is 43.7 Å². The van der Waals surface area contributed by atoms with E-state index in [1.807, 2.05) is 6.07 Å². The van der Waals surface area contributed by atoms with Gasteiger partial charge in [0.05, 0.1) is 16.7 Å². The third kappa shape index (κ3) is 4.50. The van der Waals surface area contributed by atoms with Gasteiger partial charge >= 0.3 is 0 Å². The Bertz CT molecular complexity index is 465. The number of nitrogens with zero attached hydrogens (tertiary/aromatic N) is 1. The second kappa shape index (κ2) is 8.05. The Morgan fingerprint density at radius 3 is 2.80 bits per heavy atom. The number of benzene rings is 1. The number of likely N-dealkylation sites (N-methyl/N-ethyl adjacent to an activating group) is 1. The lowest BCUT2D eigenvalue weighted by Crippen LogP contribution is -2.48. The van der Waals surface area contributed by atoms with Gasteiger partial charge in [-0.25, -0.2) is 0 Å². The van der Waals surface area contributed by atoms with Crippen molar-refractivity contribution in [1.29, 1.82) is 0 Å². The van der Waals surface area contributed by atoms with E-state index in [-0.39, 0.29) is 18.3 Å². The van der Waals surface area contributed by atoms with Crippen LogP contribution in [0.5, 0.6) is 0 Å². The molecule has 2 rings (SSSR count). The van der Waals surface area contributed by atoms with Gasteiger partial charge in [0.25, 0.3) is 5.91 Å². The van der Waals surface area contributed by atoms with Gasteiger partial charge in [-0.1, -0.05) is 29.3 Å². The molecule has 1 N–H and O–H groups in total. The molecule has 0 bridgehead atoms. The van der Waals surface area contributed by atoms with Crippen LogP contribution >= 0.6 is 35.6 Å². The number of ether oxygens (including phenoxy) is 1. The number of nitrogens with one attached hydrogen (secondary N) is 1. The van der Waals surface area contributed by atoms with E-state index >= 15 is 0 Å². The number of amides is 1. The molecule has 1 aliphatic heterocycles. The standard InChI is InChI=1S/C13H16Cl2N2O2.ClH/c1-17(13(18)12-7-16-4-5-19-12)8-9-2-3-10(14)11(15)6-9;/h2-3,6,12,16H,4-5,7-8H2,1H3;1H. The van der Waals surface area contributed by atoms with Crippen molar-refractivity contribution in [2.75, 3.05) is 26.7 Å². The summed E-state index contributed by atoms with van der Waals surface area (Å²) in [5.41, 5.74) is 0.939. The molecule has 0 saturated carbocycles. The molecule has 1 amide bonds. The van der Waals surface area contributed by atoms with Crippen molar-refractivity contribution in [3.8, 4) is 0 Å². The van der Waals surface area contributed by atoms with E-state index in [0.717, 1.165) is 12.1 Å². The lowest BCUT2D eigenvalue weighted by molar-refractivity contribution is -0.144. The van der Waals surface area contributed by atoms with Crippen molar-refractivity contribution in [2.24, 2.45) is 0 Å². The topological polar surface area (TPSA) is 41.6 Å². The fraction of sp³-hybridized carbons (Fsp3) is 0.462. The van der Waals surface area contributed by atoms with Gasteiger partial charge in [0.2, 0.25) is 0 Å². The first kappa shape index (κ1) is 17.5. The van der Waals surface area contributed by atoms with Gasteiger partial charge in [-0.3, -0.25) is 4.79 Å². The zero-order chi connectivity index (χ0) is 13.8. The van der Waals surface area contributed by atoms with Crippen LogP contribution in [0.15, 0.2) is 18.2 Å². The summed E-state index contributed by atoms with van der Waals surface area (Å²) in [6.45, 7) is 2.40. The number of hydrogen-bond acceptors (Lipinski definition) is 3. The van der Waals surface area contributed by atoms with Crippen molar-refractivity contribution in [3.63, 3.8) is 0 Å². The van der Waals surface area contributed by atoms with Crippen molar-refractivity contribution in [3.05, 3.63) is 33.8 Å². The van der Waals surface area contributed by atoms with E-state index in [2.05, 4.69) is 5.32 Å². The molecule has 112 valence electrons. The largest absolute Gasteiger partial charge is 0.366 e. The number of halogens is 3. The zero-order valence-electron chi connectivity index (χ0n) is 11.1. The maximum Gasteiger partial charge on any atom is 0.253 e. The summed E-state index contributed by atoms with van der Waals surface area (Å²) in [4.78, 5) is 13.8.